The van der Waals surface area contributed by atoms with Crippen LogP contribution in [0.3, 0.4) is 0 Å². The van der Waals surface area contributed by atoms with Gasteiger partial charge in [-0.05, 0) is 0 Å². The molecule has 20 heavy (non-hydrogen) atoms. The summed E-state index contributed by atoms with van der Waals surface area (Å²) < 4.78 is 0. The van der Waals surface area contributed by atoms with Gasteiger partial charge >= 0.3 is 12.0 Å². The van der Waals surface area contributed by atoms with Gasteiger partial charge in [0.1, 0.15) is 6.04 Å². The lowest BCUT2D eigenvalue weighted by Gasteiger charge is -2.14. The first-order valence-corrected chi connectivity index (χ1v) is 6.65. The Hall–Kier alpha value is -2.42. The number of rotatable bonds is 6. The molecular weight excluding hydrogens is 282 g/mol. The highest BCUT2D eigenvalue weighted by Crippen LogP contribution is 2.04. The van der Waals surface area contributed by atoms with E-state index in [-0.39, 0.29) is 6.42 Å². The van der Waals surface area contributed by atoms with Crippen molar-refractivity contribution in [3.63, 3.8) is 0 Å². The van der Waals surface area contributed by atoms with Gasteiger partial charge < -0.3 is 20.7 Å². The predicted molar refractivity (Wildman–Crippen MR) is 71.2 cm³/mol. The van der Waals surface area contributed by atoms with Crippen LogP contribution in [0.25, 0.3) is 0 Å². The van der Waals surface area contributed by atoms with Crippen LogP contribution in [0.5, 0.6) is 0 Å². The van der Waals surface area contributed by atoms with E-state index in [0.29, 0.717) is 12.2 Å². The smallest absolute Gasteiger partial charge is 0.326 e. The summed E-state index contributed by atoms with van der Waals surface area (Å²) in [6.45, 7) is 0.312. The maximum atomic E-state index is 11.7. The molecule has 0 spiro atoms. The number of nitrogens with zero attached hydrogens (tertiary/aromatic N) is 2. The van der Waals surface area contributed by atoms with Crippen molar-refractivity contribution in [2.75, 3.05) is 0 Å². The predicted octanol–water partition coefficient (Wildman–Crippen LogP) is 0.361. The minimum atomic E-state index is -1.10. The number of aromatic amines is 1. The first-order chi connectivity index (χ1) is 9.65. The van der Waals surface area contributed by atoms with E-state index in [1.54, 1.807) is 11.7 Å². The number of nitrogens with one attached hydrogen (secondary N) is 3. The molecule has 4 N–H and O–H groups in total. The molecule has 1 atom stereocenters. The van der Waals surface area contributed by atoms with Crippen LogP contribution in [0, 0.1) is 0 Å². The zero-order valence-corrected chi connectivity index (χ0v) is 11.2. The van der Waals surface area contributed by atoms with Gasteiger partial charge in [0.05, 0.1) is 18.4 Å². The molecule has 0 bridgehead atoms. The average Bonchev–Trinajstić information content (AvgIpc) is 3.08. The van der Waals surface area contributed by atoms with Gasteiger partial charge in [-0.1, -0.05) is 0 Å². The Morgan fingerprint density at radius 1 is 1.40 bits per heavy atom. The number of H-pyrrole nitrogens is 1. The van der Waals surface area contributed by atoms with Gasteiger partial charge in [-0.2, -0.15) is 0 Å². The van der Waals surface area contributed by atoms with Crippen LogP contribution >= 0.6 is 11.3 Å². The Morgan fingerprint density at radius 2 is 2.25 bits per heavy atom. The Morgan fingerprint density at radius 3 is 2.85 bits per heavy atom. The second-order valence-electron chi connectivity index (χ2n) is 3.97. The number of imidazole rings is 1. The number of carbonyl (C=O) groups is 2. The fourth-order valence-electron chi connectivity index (χ4n) is 1.52. The minimum absolute atomic E-state index is 0.142. The Kier molecular flexibility index (Phi) is 4.66. The summed E-state index contributed by atoms with van der Waals surface area (Å²) in [6.07, 6.45) is 4.76. The lowest BCUT2D eigenvalue weighted by atomic mass is 10.2. The van der Waals surface area contributed by atoms with E-state index >= 15 is 0 Å². The third-order valence-corrected chi connectivity index (χ3v) is 3.27. The summed E-state index contributed by atoms with van der Waals surface area (Å²) >= 11 is 1.41. The third kappa shape index (κ3) is 4.05. The number of carbonyl (C=O) groups excluding carboxylic acids is 1. The number of thiazole rings is 1. The molecule has 0 radical (unpaired) electrons. The maximum absolute atomic E-state index is 11.7. The molecule has 2 aromatic heterocycles. The first-order valence-electron chi connectivity index (χ1n) is 5.77. The highest BCUT2D eigenvalue weighted by molar-refractivity contribution is 7.09. The van der Waals surface area contributed by atoms with Gasteiger partial charge in [0.2, 0.25) is 0 Å². The fourth-order valence-corrected chi connectivity index (χ4v) is 2.06. The number of carboxylic acids is 1. The normalized spacial score (nSPS) is 11.8. The van der Waals surface area contributed by atoms with Crippen molar-refractivity contribution < 1.29 is 14.7 Å². The van der Waals surface area contributed by atoms with Crippen LogP contribution in [-0.2, 0) is 17.8 Å². The molecule has 106 valence electrons. The summed E-state index contributed by atoms with van der Waals surface area (Å²) in [5.41, 5.74) is 2.30. The number of amides is 2. The SMILES string of the molecule is O=C(NCc1cncs1)N[C@H](Cc1cnc[nH]1)C(=O)O. The third-order valence-electron chi connectivity index (χ3n) is 2.49. The van der Waals surface area contributed by atoms with E-state index in [0.717, 1.165) is 4.88 Å². The van der Waals surface area contributed by atoms with E-state index in [1.165, 1.54) is 23.9 Å². The Balaban J connectivity index is 1.84. The molecule has 0 saturated carbocycles. The lowest BCUT2D eigenvalue weighted by Crippen LogP contribution is -2.46. The lowest BCUT2D eigenvalue weighted by molar-refractivity contribution is -0.139. The van der Waals surface area contributed by atoms with Crippen LogP contribution in [0.2, 0.25) is 0 Å². The molecule has 2 amide bonds. The van der Waals surface area contributed by atoms with Crippen LogP contribution in [-0.4, -0.2) is 38.1 Å². The highest BCUT2D eigenvalue weighted by atomic mass is 32.1. The van der Waals surface area contributed by atoms with E-state index in [9.17, 15) is 9.59 Å². The van der Waals surface area contributed by atoms with Gasteiger partial charge in [-0.25, -0.2) is 14.6 Å². The monoisotopic (exact) mass is 295 g/mol. The molecular formula is C11H13N5O3S. The van der Waals surface area contributed by atoms with Crippen molar-refractivity contribution in [3.05, 3.63) is 34.8 Å². The van der Waals surface area contributed by atoms with Crippen LogP contribution in [0.15, 0.2) is 24.2 Å². The zero-order valence-electron chi connectivity index (χ0n) is 10.4. The van der Waals surface area contributed by atoms with Crippen molar-refractivity contribution in [1.82, 2.24) is 25.6 Å². The van der Waals surface area contributed by atoms with Crippen molar-refractivity contribution in [2.24, 2.45) is 0 Å². The number of urea groups is 1. The minimum Gasteiger partial charge on any atom is -0.480 e. The topological polar surface area (TPSA) is 120 Å². The van der Waals surface area contributed by atoms with Crippen molar-refractivity contribution >= 4 is 23.3 Å². The molecule has 0 aliphatic carbocycles. The van der Waals surface area contributed by atoms with E-state index in [1.807, 2.05) is 0 Å². The summed E-state index contributed by atoms with van der Waals surface area (Å²) in [5.74, 6) is -1.10. The Labute approximate surface area is 118 Å². The molecule has 9 heteroatoms. The number of carboxylic acid groups (broad SMARTS) is 1. The summed E-state index contributed by atoms with van der Waals surface area (Å²) in [5, 5.41) is 14.1. The molecule has 0 fully saturated rings. The molecule has 2 aromatic rings. The Bertz CT molecular complexity index is 555. The number of aliphatic carboxylic acids is 1. The summed E-state index contributed by atoms with van der Waals surface area (Å²) in [4.78, 5) is 34.1. The average molecular weight is 295 g/mol. The molecule has 2 heterocycles. The highest BCUT2D eigenvalue weighted by Gasteiger charge is 2.20. The molecule has 0 aliphatic rings. The standard InChI is InChI=1S/C11H13N5O3S/c17-10(18)9(1-7-2-12-5-15-7)16-11(19)14-4-8-3-13-6-20-8/h2-3,5-6,9H,1,4H2,(H,12,15)(H,17,18)(H2,14,16,19)/t9-/m1/s1. The zero-order chi connectivity index (χ0) is 14.4. The first kappa shape index (κ1) is 14.0. The quantitative estimate of drug-likeness (QED) is 0.613. The van der Waals surface area contributed by atoms with Crippen molar-refractivity contribution in [2.45, 2.75) is 19.0 Å². The van der Waals surface area contributed by atoms with Gasteiger partial charge in [0.15, 0.2) is 0 Å². The molecule has 2 rings (SSSR count). The van der Waals surface area contributed by atoms with E-state index in [2.05, 4.69) is 25.6 Å². The van der Waals surface area contributed by atoms with E-state index < -0.39 is 18.0 Å². The molecule has 8 nitrogen and oxygen atoms in total. The number of hydrogen-bond donors (Lipinski definition) is 4. The van der Waals surface area contributed by atoms with E-state index in [4.69, 9.17) is 5.11 Å². The molecule has 0 unspecified atom stereocenters. The molecule has 0 aromatic carbocycles. The fraction of sp³-hybridized carbons (Fsp3) is 0.273. The van der Waals surface area contributed by atoms with Crippen LogP contribution in [0.4, 0.5) is 4.79 Å². The number of hydrogen-bond acceptors (Lipinski definition) is 5. The molecule has 0 saturated heterocycles. The summed E-state index contributed by atoms with van der Waals surface area (Å²) in [6, 6.07) is -1.55. The number of aromatic nitrogens is 3. The van der Waals surface area contributed by atoms with Crippen LogP contribution in [0.1, 0.15) is 10.6 Å². The molecule has 0 aliphatic heterocycles. The van der Waals surface area contributed by atoms with Gasteiger partial charge in [-0.3, -0.25) is 4.98 Å². The largest absolute Gasteiger partial charge is 0.480 e. The van der Waals surface area contributed by atoms with Gasteiger partial charge in [0.25, 0.3) is 0 Å². The van der Waals surface area contributed by atoms with Gasteiger partial charge in [-0.15, -0.1) is 11.3 Å². The van der Waals surface area contributed by atoms with Crippen LogP contribution < -0.4 is 10.6 Å². The van der Waals surface area contributed by atoms with Gasteiger partial charge in [0, 0.05) is 29.4 Å². The second kappa shape index (κ2) is 6.66. The van der Waals surface area contributed by atoms with Crippen molar-refractivity contribution in [3.8, 4) is 0 Å². The van der Waals surface area contributed by atoms with Crippen molar-refractivity contribution in [1.29, 1.82) is 0 Å². The second-order valence-corrected chi connectivity index (χ2v) is 4.94. The maximum Gasteiger partial charge on any atom is 0.326 e. The summed E-state index contributed by atoms with van der Waals surface area (Å²) in [7, 11) is 0.